The van der Waals surface area contributed by atoms with Crippen LogP contribution in [0, 0.1) is 11.6 Å². The number of benzene rings is 2. The molecular formula is C21H24F2N2O2S. The lowest BCUT2D eigenvalue weighted by atomic mass is 9.98. The van der Waals surface area contributed by atoms with Gasteiger partial charge < -0.3 is 15.4 Å². The van der Waals surface area contributed by atoms with E-state index in [1.54, 1.807) is 0 Å². The van der Waals surface area contributed by atoms with E-state index in [4.69, 9.17) is 4.74 Å². The maximum atomic E-state index is 13.5. The number of hydrogen-bond acceptors (Lipinski definition) is 4. The molecule has 3 atom stereocenters. The summed E-state index contributed by atoms with van der Waals surface area (Å²) in [5, 5.41) is 6.02. The van der Waals surface area contributed by atoms with E-state index in [-0.39, 0.29) is 29.7 Å². The van der Waals surface area contributed by atoms with Crippen molar-refractivity contribution in [3.63, 3.8) is 0 Å². The summed E-state index contributed by atoms with van der Waals surface area (Å²) >= 11 is 4.65. The molecule has 0 bridgehead atoms. The molecule has 1 aliphatic rings. The zero-order chi connectivity index (χ0) is 20.1. The van der Waals surface area contributed by atoms with Crippen LogP contribution in [-0.4, -0.2) is 30.4 Å². The SMILES string of the molecule is CC(=O)N[C@@H](Cc1cc(F)cc(F)c1)[C@@H](S)CNC1COCc2ccccc21. The van der Waals surface area contributed by atoms with Crippen molar-refractivity contribution in [2.24, 2.45) is 0 Å². The smallest absolute Gasteiger partial charge is 0.217 e. The summed E-state index contributed by atoms with van der Waals surface area (Å²) in [7, 11) is 0. The predicted octanol–water partition coefficient (Wildman–Crippen LogP) is 3.17. The van der Waals surface area contributed by atoms with Crippen molar-refractivity contribution in [1.82, 2.24) is 10.6 Å². The molecule has 28 heavy (non-hydrogen) atoms. The molecule has 0 fully saturated rings. The van der Waals surface area contributed by atoms with E-state index in [0.717, 1.165) is 11.6 Å². The van der Waals surface area contributed by atoms with Gasteiger partial charge in [-0.15, -0.1) is 0 Å². The maximum Gasteiger partial charge on any atom is 0.217 e. The normalized spacial score (nSPS) is 18.2. The molecule has 0 saturated heterocycles. The van der Waals surface area contributed by atoms with Gasteiger partial charge in [0, 0.05) is 30.8 Å². The van der Waals surface area contributed by atoms with Crippen LogP contribution in [-0.2, 0) is 22.6 Å². The number of carbonyl (C=O) groups is 1. The first-order valence-corrected chi connectivity index (χ1v) is 9.73. The molecule has 150 valence electrons. The van der Waals surface area contributed by atoms with Gasteiger partial charge in [-0.25, -0.2) is 8.78 Å². The van der Waals surface area contributed by atoms with Crippen LogP contribution in [0.15, 0.2) is 42.5 Å². The number of thiol groups is 1. The molecule has 7 heteroatoms. The van der Waals surface area contributed by atoms with E-state index in [9.17, 15) is 13.6 Å². The quantitative estimate of drug-likeness (QED) is 0.619. The van der Waals surface area contributed by atoms with Crippen LogP contribution in [0.1, 0.15) is 29.7 Å². The molecule has 0 radical (unpaired) electrons. The molecule has 3 rings (SSSR count). The van der Waals surface area contributed by atoms with Crippen LogP contribution in [0.25, 0.3) is 0 Å². The van der Waals surface area contributed by atoms with E-state index in [2.05, 4.69) is 29.3 Å². The molecule has 2 aromatic rings. The average Bonchev–Trinajstić information content (AvgIpc) is 2.64. The summed E-state index contributed by atoms with van der Waals surface area (Å²) in [6, 6.07) is 11.1. The Morgan fingerprint density at radius 1 is 1.25 bits per heavy atom. The van der Waals surface area contributed by atoms with Gasteiger partial charge in [0.1, 0.15) is 11.6 Å². The average molecular weight is 406 g/mol. The molecule has 1 heterocycles. The van der Waals surface area contributed by atoms with Crippen molar-refractivity contribution in [3.8, 4) is 0 Å². The van der Waals surface area contributed by atoms with Crippen molar-refractivity contribution in [2.45, 2.75) is 37.3 Å². The monoisotopic (exact) mass is 406 g/mol. The van der Waals surface area contributed by atoms with Crippen molar-refractivity contribution < 1.29 is 18.3 Å². The van der Waals surface area contributed by atoms with E-state index in [0.29, 0.717) is 25.3 Å². The Morgan fingerprint density at radius 2 is 1.96 bits per heavy atom. The Balaban J connectivity index is 1.66. The lowest BCUT2D eigenvalue weighted by Gasteiger charge is -2.30. The number of nitrogens with one attached hydrogen (secondary N) is 2. The molecule has 4 nitrogen and oxygen atoms in total. The number of carbonyl (C=O) groups excluding carboxylic acids is 1. The third kappa shape index (κ3) is 5.53. The Morgan fingerprint density at radius 3 is 2.68 bits per heavy atom. The third-order valence-corrected chi connectivity index (χ3v) is 5.32. The largest absolute Gasteiger partial charge is 0.375 e. The molecule has 0 spiro atoms. The van der Waals surface area contributed by atoms with Crippen LogP contribution in [0.4, 0.5) is 8.78 Å². The molecule has 1 aliphatic heterocycles. The van der Waals surface area contributed by atoms with E-state index < -0.39 is 11.6 Å². The molecule has 2 aromatic carbocycles. The minimum atomic E-state index is -0.638. The topological polar surface area (TPSA) is 50.4 Å². The number of fused-ring (bicyclic) bond motifs is 1. The van der Waals surface area contributed by atoms with Gasteiger partial charge >= 0.3 is 0 Å². The highest BCUT2D eigenvalue weighted by molar-refractivity contribution is 7.81. The van der Waals surface area contributed by atoms with Crippen LogP contribution < -0.4 is 10.6 Å². The summed E-state index contributed by atoms with van der Waals surface area (Å²) in [4.78, 5) is 11.6. The minimum Gasteiger partial charge on any atom is -0.375 e. The highest BCUT2D eigenvalue weighted by Gasteiger charge is 2.24. The zero-order valence-electron chi connectivity index (χ0n) is 15.6. The van der Waals surface area contributed by atoms with Crippen LogP contribution >= 0.6 is 12.6 Å². The summed E-state index contributed by atoms with van der Waals surface area (Å²) < 4.78 is 32.6. The van der Waals surface area contributed by atoms with Gasteiger partial charge in [0.05, 0.1) is 19.3 Å². The van der Waals surface area contributed by atoms with Crippen molar-refractivity contribution in [2.75, 3.05) is 13.2 Å². The standard InChI is InChI=1S/C21H24F2N2O2S/c1-13(26)25-19(8-14-6-16(22)9-17(23)7-14)21(28)10-24-20-12-27-11-15-4-2-3-5-18(15)20/h2-7,9,19-21,24,28H,8,10-12H2,1H3,(H,25,26)/t19-,20?,21-/m0/s1. The number of amides is 1. The number of ether oxygens (including phenoxy) is 1. The highest BCUT2D eigenvalue weighted by Crippen LogP contribution is 2.24. The van der Waals surface area contributed by atoms with E-state index >= 15 is 0 Å². The molecule has 0 aromatic heterocycles. The number of hydrogen-bond donors (Lipinski definition) is 3. The van der Waals surface area contributed by atoms with E-state index in [1.807, 2.05) is 18.2 Å². The second-order valence-electron chi connectivity index (χ2n) is 7.03. The molecule has 1 amide bonds. The summed E-state index contributed by atoms with van der Waals surface area (Å²) in [5.74, 6) is -1.49. The van der Waals surface area contributed by atoms with Crippen molar-refractivity contribution >= 4 is 18.5 Å². The third-order valence-electron chi connectivity index (χ3n) is 4.78. The van der Waals surface area contributed by atoms with Gasteiger partial charge in [0.2, 0.25) is 5.91 Å². The Bertz CT molecular complexity index is 814. The van der Waals surface area contributed by atoms with Crippen LogP contribution in [0.3, 0.4) is 0 Å². The Labute approximate surface area is 169 Å². The first kappa shape index (κ1) is 20.8. The summed E-state index contributed by atoms with van der Waals surface area (Å²) in [6.45, 7) is 3.06. The van der Waals surface area contributed by atoms with E-state index in [1.165, 1.54) is 24.6 Å². The highest BCUT2D eigenvalue weighted by atomic mass is 32.1. The van der Waals surface area contributed by atoms with Crippen molar-refractivity contribution in [3.05, 3.63) is 70.8 Å². The second-order valence-corrected chi connectivity index (χ2v) is 7.69. The minimum absolute atomic E-state index is 0.0317. The number of rotatable bonds is 7. The summed E-state index contributed by atoms with van der Waals surface area (Å²) in [5.41, 5.74) is 2.81. The summed E-state index contributed by atoms with van der Waals surface area (Å²) in [6.07, 6.45) is 0.280. The second kappa shape index (κ2) is 9.49. The fraction of sp³-hybridized carbons (Fsp3) is 0.381. The number of halogens is 2. The van der Waals surface area contributed by atoms with Gasteiger partial charge in [-0.3, -0.25) is 4.79 Å². The lowest BCUT2D eigenvalue weighted by Crippen LogP contribution is -2.46. The fourth-order valence-corrected chi connectivity index (χ4v) is 3.77. The van der Waals surface area contributed by atoms with Gasteiger partial charge in [-0.2, -0.15) is 12.6 Å². The first-order chi connectivity index (χ1) is 13.4. The zero-order valence-corrected chi connectivity index (χ0v) is 16.5. The van der Waals surface area contributed by atoms with Crippen molar-refractivity contribution in [1.29, 1.82) is 0 Å². The van der Waals surface area contributed by atoms with Gasteiger partial charge in [-0.05, 0) is 35.2 Å². The molecule has 0 aliphatic carbocycles. The Hall–Kier alpha value is -1.96. The molecule has 2 N–H and O–H groups in total. The predicted molar refractivity (Wildman–Crippen MR) is 107 cm³/mol. The molecule has 0 saturated carbocycles. The van der Waals surface area contributed by atoms with Crippen LogP contribution in [0.5, 0.6) is 0 Å². The van der Waals surface area contributed by atoms with Gasteiger partial charge in [-0.1, -0.05) is 24.3 Å². The molecular weight excluding hydrogens is 382 g/mol. The van der Waals surface area contributed by atoms with Gasteiger partial charge in [0.25, 0.3) is 0 Å². The molecule has 1 unspecified atom stereocenters. The first-order valence-electron chi connectivity index (χ1n) is 9.21. The maximum absolute atomic E-state index is 13.5. The van der Waals surface area contributed by atoms with Crippen LogP contribution in [0.2, 0.25) is 0 Å². The fourth-order valence-electron chi connectivity index (χ4n) is 3.48. The Kier molecular flexibility index (Phi) is 7.04. The lowest BCUT2D eigenvalue weighted by molar-refractivity contribution is -0.119. The van der Waals surface area contributed by atoms with Gasteiger partial charge in [0.15, 0.2) is 0 Å².